The van der Waals surface area contributed by atoms with Crippen LogP contribution in [0.3, 0.4) is 0 Å². The first-order chi connectivity index (χ1) is 17.2. The molecule has 0 atom stereocenters. The van der Waals surface area contributed by atoms with Crippen LogP contribution < -0.4 is 4.74 Å². The van der Waals surface area contributed by atoms with Crippen molar-refractivity contribution in [2.45, 2.75) is 78.1 Å². The fraction of sp³-hybridized carbons (Fsp3) is 0.406. The molecule has 3 heteroatoms. The fourth-order valence-electron chi connectivity index (χ4n) is 4.39. The van der Waals surface area contributed by atoms with E-state index in [1.165, 1.54) is 32.1 Å². The van der Waals surface area contributed by atoms with Gasteiger partial charge in [0.1, 0.15) is 17.6 Å². The van der Waals surface area contributed by atoms with Gasteiger partial charge in [0.2, 0.25) is 0 Å². The van der Waals surface area contributed by atoms with Gasteiger partial charge in [-0.1, -0.05) is 107 Å². The summed E-state index contributed by atoms with van der Waals surface area (Å²) in [4.78, 5) is 0. The molecule has 0 bridgehead atoms. The summed E-state index contributed by atoms with van der Waals surface area (Å²) in [6.45, 7) is 5.12. The molecular formula is C32H38FNO. The van der Waals surface area contributed by atoms with Crippen molar-refractivity contribution in [2.24, 2.45) is 0 Å². The molecular weight excluding hydrogens is 433 g/mol. The van der Waals surface area contributed by atoms with Crippen molar-refractivity contribution < 1.29 is 9.13 Å². The molecule has 3 aromatic rings. The van der Waals surface area contributed by atoms with Crippen LogP contribution in [0, 0.1) is 17.1 Å². The van der Waals surface area contributed by atoms with Crippen LogP contribution >= 0.6 is 0 Å². The molecule has 0 heterocycles. The van der Waals surface area contributed by atoms with Gasteiger partial charge in [0.05, 0.1) is 12.2 Å². The molecule has 0 fully saturated rings. The Bertz CT molecular complexity index is 1080. The first kappa shape index (κ1) is 26.5. The Morgan fingerprint density at radius 3 is 1.91 bits per heavy atom. The molecule has 0 aliphatic heterocycles. The van der Waals surface area contributed by atoms with Crippen molar-refractivity contribution >= 4 is 0 Å². The minimum Gasteiger partial charge on any atom is -0.494 e. The molecule has 0 radical (unpaired) electrons. The Morgan fingerprint density at radius 1 is 0.686 bits per heavy atom. The van der Waals surface area contributed by atoms with E-state index in [0.29, 0.717) is 17.5 Å². The lowest BCUT2D eigenvalue weighted by molar-refractivity contribution is 0.304. The topological polar surface area (TPSA) is 33.0 Å². The van der Waals surface area contributed by atoms with Gasteiger partial charge in [-0.05, 0) is 53.6 Å². The molecule has 0 aliphatic rings. The number of rotatable bonds is 14. The van der Waals surface area contributed by atoms with Crippen LogP contribution in [0.15, 0.2) is 60.7 Å². The highest BCUT2D eigenvalue weighted by molar-refractivity contribution is 5.74. The maximum Gasteiger partial charge on any atom is 0.144 e. The summed E-state index contributed by atoms with van der Waals surface area (Å²) in [5, 5.41) is 9.64. The highest BCUT2D eigenvalue weighted by Gasteiger charge is 2.14. The molecule has 3 aromatic carbocycles. The molecule has 0 amide bonds. The lowest BCUT2D eigenvalue weighted by Gasteiger charge is -2.11. The number of benzene rings is 3. The molecule has 184 valence electrons. The summed E-state index contributed by atoms with van der Waals surface area (Å²) in [6.07, 6.45) is 11.3. The van der Waals surface area contributed by atoms with Crippen LogP contribution in [0.4, 0.5) is 4.39 Å². The van der Waals surface area contributed by atoms with Gasteiger partial charge in [-0.15, -0.1) is 0 Å². The first-order valence-electron chi connectivity index (χ1n) is 13.2. The Hall–Kier alpha value is -3.12. The van der Waals surface area contributed by atoms with E-state index in [9.17, 15) is 9.65 Å². The molecule has 2 nitrogen and oxygen atoms in total. The van der Waals surface area contributed by atoms with Crippen molar-refractivity contribution in [2.75, 3.05) is 6.61 Å². The minimum absolute atomic E-state index is 0.138. The van der Waals surface area contributed by atoms with Gasteiger partial charge in [0, 0.05) is 5.56 Å². The standard InChI is InChI=1S/C32H38FNO/c1-3-5-7-8-9-11-23-35-29-20-17-26(18-21-29)25-13-15-27(16-14-25)30-22-19-28(12-10-6-4-2)32(33)31(30)24-34/h13-22H,3-12,23H2,1-2H3. The monoisotopic (exact) mass is 471 g/mol. The van der Waals surface area contributed by atoms with E-state index in [-0.39, 0.29) is 11.4 Å². The predicted octanol–water partition coefficient (Wildman–Crippen LogP) is 9.50. The van der Waals surface area contributed by atoms with Gasteiger partial charge in [0.15, 0.2) is 0 Å². The van der Waals surface area contributed by atoms with Gasteiger partial charge < -0.3 is 4.74 Å². The Morgan fingerprint density at radius 2 is 1.26 bits per heavy atom. The van der Waals surface area contributed by atoms with E-state index < -0.39 is 0 Å². The van der Waals surface area contributed by atoms with Crippen LogP contribution in [0.5, 0.6) is 5.75 Å². The third-order valence-electron chi connectivity index (χ3n) is 6.53. The number of unbranched alkanes of at least 4 members (excludes halogenated alkanes) is 7. The van der Waals surface area contributed by atoms with Crippen LogP contribution in [-0.2, 0) is 6.42 Å². The van der Waals surface area contributed by atoms with Crippen molar-refractivity contribution in [1.29, 1.82) is 5.26 Å². The third kappa shape index (κ3) is 7.69. The summed E-state index contributed by atoms with van der Waals surface area (Å²) in [6, 6.07) is 21.9. The summed E-state index contributed by atoms with van der Waals surface area (Å²) in [5.41, 5.74) is 4.44. The smallest absolute Gasteiger partial charge is 0.144 e. The van der Waals surface area contributed by atoms with Crippen molar-refractivity contribution in [3.8, 4) is 34.1 Å². The minimum atomic E-state index is -0.373. The largest absolute Gasteiger partial charge is 0.494 e. The van der Waals surface area contributed by atoms with Crippen LogP contribution in [-0.4, -0.2) is 6.61 Å². The molecule has 0 N–H and O–H groups in total. The molecule has 0 unspecified atom stereocenters. The second-order valence-electron chi connectivity index (χ2n) is 9.25. The van der Waals surface area contributed by atoms with E-state index in [1.54, 1.807) is 0 Å². The van der Waals surface area contributed by atoms with E-state index in [2.05, 4.69) is 32.0 Å². The Balaban J connectivity index is 1.62. The second-order valence-corrected chi connectivity index (χ2v) is 9.25. The Kier molecular flexibility index (Phi) is 10.8. The SMILES string of the molecule is CCCCCCCCOc1ccc(-c2ccc(-c3ccc(CCCCC)c(F)c3C#N)cc2)cc1. The number of nitrogens with zero attached hydrogens (tertiary/aromatic N) is 1. The molecule has 0 saturated carbocycles. The summed E-state index contributed by atoms with van der Waals surface area (Å²) >= 11 is 0. The van der Waals surface area contributed by atoms with E-state index >= 15 is 0 Å². The van der Waals surface area contributed by atoms with Gasteiger partial charge in [-0.2, -0.15) is 5.26 Å². The highest BCUT2D eigenvalue weighted by Crippen LogP contribution is 2.30. The number of ether oxygens (including phenoxy) is 1. The average molecular weight is 472 g/mol. The second kappa shape index (κ2) is 14.3. The fourth-order valence-corrected chi connectivity index (χ4v) is 4.39. The lowest BCUT2D eigenvalue weighted by atomic mass is 9.94. The molecule has 3 rings (SSSR count). The zero-order valence-electron chi connectivity index (χ0n) is 21.3. The van der Waals surface area contributed by atoms with Crippen LogP contribution in [0.25, 0.3) is 22.3 Å². The summed E-state index contributed by atoms with van der Waals surface area (Å²) in [7, 11) is 0. The van der Waals surface area contributed by atoms with Crippen molar-refractivity contribution in [3.63, 3.8) is 0 Å². The highest BCUT2D eigenvalue weighted by atomic mass is 19.1. The summed E-state index contributed by atoms with van der Waals surface area (Å²) in [5.74, 6) is 0.522. The normalized spacial score (nSPS) is 10.8. The maximum atomic E-state index is 15.0. The Labute approximate surface area is 210 Å². The zero-order chi connectivity index (χ0) is 24.9. The number of hydrogen-bond acceptors (Lipinski definition) is 2. The number of halogens is 1. The maximum absolute atomic E-state index is 15.0. The number of nitriles is 1. The van der Waals surface area contributed by atoms with Crippen LogP contribution in [0.2, 0.25) is 0 Å². The molecule has 0 aliphatic carbocycles. The zero-order valence-corrected chi connectivity index (χ0v) is 21.3. The van der Waals surface area contributed by atoms with E-state index in [1.807, 2.05) is 48.5 Å². The molecule has 35 heavy (non-hydrogen) atoms. The molecule has 0 saturated heterocycles. The van der Waals surface area contributed by atoms with Crippen molar-refractivity contribution in [3.05, 3.63) is 77.6 Å². The number of aryl methyl sites for hydroxylation is 1. The van der Waals surface area contributed by atoms with Gasteiger partial charge in [-0.3, -0.25) is 0 Å². The van der Waals surface area contributed by atoms with E-state index in [0.717, 1.165) is 54.7 Å². The molecule has 0 aromatic heterocycles. The first-order valence-corrected chi connectivity index (χ1v) is 13.2. The van der Waals surface area contributed by atoms with Crippen LogP contribution in [0.1, 0.15) is 82.8 Å². The summed E-state index contributed by atoms with van der Waals surface area (Å²) < 4.78 is 20.9. The quantitative estimate of drug-likeness (QED) is 0.219. The van der Waals surface area contributed by atoms with E-state index in [4.69, 9.17) is 4.74 Å². The molecule has 0 spiro atoms. The van der Waals surface area contributed by atoms with Crippen molar-refractivity contribution in [1.82, 2.24) is 0 Å². The average Bonchev–Trinajstić information content (AvgIpc) is 2.89. The van der Waals surface area contributed by atoms with Gasteiger partial charge in [-0.25, -0.2) is 4.39 Å². The lowest BCUT2D eigenvalue weighted by Crippen LogP contribution is -1.98. The third-order valence-corrected chi connectivity index (χ3v) is 6.53. The van der Waals surface area contributed by atoms with Gasteiger partial charge >= 0.3 is 0 Å². The predicted molar refractivity (Wildman–Crippen MR) is 144 cm³/mol. The van der Waals surface area contributed by atoms with Gasteiger partial charge in [0.25, 0.3) is 0 Å². The number of hydrogen-bond donors (Lipinski definition) is 0.